The van der Waals surface area contributed by atoms with Gasteiger partial charge in [0.1, 0.15) is 23.5 Å². The molecule has 0 aromatic heterocycles. The fourth-order valence-corrected chi connectivity index (χ4v) is 3.72. The van der Waals surface area contributed by atoms with Crippen molar-refractivity contribution in [3.8, 4) is 0 Å². The van der Waals surface area contributed by atoms with Crippen molar-refractivity contribution in [3.05, 3.63) is 23.5 Å². The molecule has 0 aliphatic carbocycles. The van der Waals surface area contributed by atoms with Crippen LogP contribution < -0.4 is 21.3 Å². The molecule has 0 fully saturated rings. The maximum atomic E-state index is 13.0. The van der Waals surface area contributed by atoms with Gasteiger partial charge >= 0.3 is 5.97 Å². The van der Waals surface area contributed by atoms with Crippen LogP contribution in [0, 0.1) is 11.8 Å². The molecule has 5 N–H and O–H groups in total. The van der Waals surface area contributed by atoms with E-state index in [9.17, 15) is 29.1 Å². The predicted octanol–water partition coefficient (Wildman–Crippen LogP) is 3.53. The molecule has 0 saturated carbocycles. The number of allylic oxidation sites excluding steroid dienone is 2. The molecule has 0 radical (unpaired) electrons. The second kappa shape index (κ2) is 19.0. The highest BCUT2D eigenvalue weighted by atomic mass is 16.4. The molecule has 0 aromatic rings. The summed E-state index contributed by atoms with van der Waals surface area (Å²) in [6, 6.07) is -2.08. The molecule has 0 unspecified atom stereocenters. The number of rotatable bonds is 18. The molecule has 0 rings (SSSR count). The summed E-state index contributed by atoms with van der Waals surface area (Å²) in [6.07, 6.45) is 8.61. The minimum atomic E-state index is -1.15. The molecule has 0 aromatic carbocycles. The highest BCUT2D eigenvalue weighted by Crippen LogP contribution is 2.10. The monoisotopic (exact) mass is 536 g/mol. The fourth-order valence-electron chi connectivity index (χ4n) is 3.72. The van der Waals surface area contributed by atoms with Crippen LogP contribution in [0.5, 0.6) is 0 Å². The Labute approximate surface area is 227 Å². The van der Waals surface area contributed by atoms with Crippen molar-refractivity contribution in [2.75, 3.05) is 0 Å². The lowest BCUT2D eigenvalue weighted by molar-refractivity contribution is -0.142. The number of nitrogens with one attached hydrogen (secondary N) is 4. The molecule has 216 valence electrons. The van der Waals surface area contributed by atoms with E-state index in [-0.39, 0.29) is 42.0 Å². The van der Waals surface area contributed by atoms with E-state index in [2.05, 4.69) is 28.2 Å². The third-order valence-electron chi connectivity index (χ3n) is 5.75. The molecule has 4 amide bonds. The Hall–Kier alpha value is -3.17. The summed E-state index contributed by atoms with van der Waals surface area (Å²) in [6.45, 7) is 12.7. The Morgan fingerprint density at radius 2 is 1.24 bits per heavy atom. The van der Waals surface area contributed by atoms with Crippen molar-refractivity contribution in [1.82, 2.24) is 21.3 Å². The molecule has 0 aliphatic rings. The minimum Gasteiger partial charge on any atom is -0.480 e. The number of hydrogen-bond acceptors (Lipinski definition) is 5. The topological polar surface area (TPSA) is 154 Å². The SMILES string of the molecule is C/C=C(/NC(=O)CCCCCCC)C(=O)N/C(=C/C)C(=O)N[C@H](CC(C)C)C(=O)N[C@@H](CC(C)C)C(=O)O. The van der Waals surface area contributed by atoms with Gasteiger partial charge in [-0.25, -0.2) is 4.79 Å². The van der Waals surface area contributed by atoms with Crippen LogP contribution in [0.4, 0.5) is 0 Å². The molecule has 0 bridgehead atoms. The molecule has 0 aliphatic heterocycles. The van der Waals surface area contributed by atoms with E-state index in [1.54, 1.807) is 13.8 Å². The summed E-state index contributed by atoms with van der Waals surface area (Å²) in [7, 11) is 0. The molecule has 0 saturated heterocycles. The molecule has 0 spiro atoms. The Morgan fingerprint density at radius 3 is 1.74 bits per heavy atom. The molecule has 10 nitrogen and oxygen atoms in total. The van der Waals surface area contributed by atoms with Crippen molar-refractivity contribution in [1.29, 1.82) is 0 Å². The lowest BCUT2D eigenvalue weighted by Crippen LogP contribution is -2.53. The fraction of sp³-hybridized carbons (Fsp3) is 0.679. The van der Waals surface area contributed by atoms with E-state index in [0.29, 0.717) is 6.42 Å². The summed E-state index contributed by atoms with van der Waals surface area (Å²) in [5, 5.41) is 19.7. The van der Waals surface area contributed by atoms with Gasteiger partial charge in [-0.15, -0.1) is 0 Å². The summed E-state index contributed by atoms with van der Waals surface area (Å²) in [5.74, 6) is -3.33. The normalized spacial score (nSPS) is 13.6. The Morgan fingerprint density at radius 1 is 0.711 bits per heavy atom. The van der Waals surface area contributed by atoms with Gasteiger partial charge in [0.25, 0.3) is 11.8 Å². The third-order valence-corrected chi connectivity index (χ3v) is 5.75. The van der Waals surface area contributed by atoms with Gasteiger partial charge in [0.05, 0.1) is 0 Å². The van der Waals surface area contributed by atoms with Crippen LogP contribution in [-0.4, -0.2) is 46.8 Å². The van der Waals surface area contributed by atoms with Crippen molar-refractivity contribution < 1.29 is 29.1 Å². The quantitative estimate of drug-likeness (QED) is 0.133. The maximum absolute atomic E-state index is 13.0. The zero-order chi connectivity index (χ0) is 29.3. The Balaban J connectivity index is 5.26. The summed E-state index contributed by atoms with van der Waals surface area (Å²) in [4.78, 5) is 62.5. The second-order valence-electron chi connectivity index (χ2n) is 10.3. The second-order valence-corrected chi connectivity index (χ2v) is 10.3. The van der Waals surface area contributed by atoms with Crippen molar-refractivity contribution >= 4 is 29.6 Å². The van der Waals surface area contributed by atoms with Crippen LogP contribution in [0.25, 0.3) is 0 Å². The van der Waals surface area contributed by atoms with E-state index < -0.39 is 35.8 Å². The van der Waals surface area contributed by atoms with Gasteiger partial charge in [0.15, 0.2) is 0 Å². The first-order chi connectivity index (χ1) is 17.9. The van der Waals surface area contributed by atoms with Crippen molar-refractivity contribution in [3.63, 3.8) is 0 Å². The number of carbonyl (C=O) groups is 5. The molecular weight excluding hydrogens is 488 g/mol. The first kappa shape index (κ1) is 34.8. The number of unbranched alkanes of at least 4 members (excludes halogenated alkanes) is 4. The lowest BCUT2D eigenvalue weighted by Gasteiger charge is -2.24. The van der Waals surface area contributed by atoms with E-state index in [1.165, 1.54) is 12.2 Å². The van der Waals surface area contributed by atoms with Gasteiger partial charge in [-0.05, 0) is 44.9 Å². The average Bonchev–Trinajstić information content (AvgIpc) is 2.83. The zero-order valence-corrected chi connectivity index (χ0v) is 24.1. The first-order valence-corrected chi connectivity index (χ1v) is 13.6. The van der Waals surface area contributed by atoms with Crippen molar-refractivity contribution in [2.45, 2.75) is 112 Å². The van der Waals surface area contributed by atoms with Crippen LogP contribution in [0.2, 0.25) is 0 Å². The maximum Gasteiger partial charge on any atom is 0.326 e. The standard InChI is InChI=1S/C28H48N4O6/c1-8-11-12-13-14-15-24(33)29-20(9-2)25(34)30-21(10-3)26(35)31-22(16-18(4)5)27(36)32-23(28(37)38)17-19(6)7/h9-10,18-19,22-23H,8,11-17H2,1-7H3,(H,29,33)(H,30,34)(H,31,35)(H,32,36)(H,37,38)/b20-9+,21-10+/t22-,23+/m1/s1. The third kappa shape index (κ3) is 14.5. The highest BCUT2D eigenvalue weighted by molar-refractivity contribution is 6.04. The van der Waals surface area contributed by atoms with E-state index in [1.807, 2.05) is 27.7 Å². The largest absolute Gasteiger partial charge is 0.480 e. The average molecular weight is 537 g/mol. The zero-order valence-electron chi connectivity index (χ0n) is 24.1. The van der Waals surface area contributed by atoms with Gasteiger partial charge in [0.2, 0.25) is 11.8 Å². The Kier molecular flexibility index (Phi) is 17.4. The van der Waals surface area contributed by atoms with Gasteiger partial charge < -0.3 is 26.4 Å². The summed E-state index contributed by atoms with van der Waals surface area (Å²) in [5.41, 5.74) is -0.0770. The molecule has 10 heteroatoms. The highest BCUT2D eigenvalue weighted by Gasteiger charge is 2.28. The molecule has 2 atom stereocenters. The van der Waals surface area contributed by atoms with Gasteiger partial charge in [-0.1, -0.05) is 72.5 Å². The summed E-state index contributed by atoms with van der Waals surface area (Å²) >= 11 is 0. The lowest BCUT2D eigenvalue weighted by atomic mass is 10.0. The van der Waals surface area contributed by atoms with Crippen LogP contribution >= 0.6 is 0 Å². The number of carbonyl (C=O) groups excluding carboxylic acids is 4. The minimum absolute atomic E-state index is 0.0187. The smallest absolute Gasteiger partial charge is 0.326 e. The molecule has 0 heterocycles. The number of carboxylic acid groups (broad SMARTS) is 1. The van der Waals surface area contributed by atoms with E-state index in [0.717, 1.165) is 32.1 Å². The van der Waals surface area contributed by atoms with Gasteiger partial charge in [-0.3, -0.25) is 19.2 Å². The summed E-state index contributed by atoms with van der Waals surface area (Å²) < 4.78 is 0. The van der Waals surface area contributed by atoms with Crippen LogP contribution in [0.15, 0.2) is 23.5 Å². The van der Waals surface area contributed by atoms with E-state index >= 15 is 0 Å². The van der Waals surface area contributed by atoms with Crippen LogP contribution in [0.1, 0.15) is 99.8 Å². The Bertz CT molecular complexity index is 863. The van der Waals surface area contributed by atoms with Crippen molar-refractivity contribution in [2.24, 2.45) is 11.8 Å². The van der Waals surface area contributed by atoms with E-state index in [4.69, 9.17) is 0 Å². The predicted molar refractivity (Wildman–Crippen MR) is 148 cm³/mol. The number of amides is 4. The van der Waals surface area contributed by atoms with Gasteiger partial charge in [-0.2, -0.15) is 0 Å². The number of hydrogen-bond donors (Lipinski definition) is 5. The van der Waals surface area contributed by atoms with Crippen LogP contribution in [0.3, 0.4) is 0 Å². The first-order valence-electron chi connectivity index (χ1n) is 13.6. The van der Waals surface area contributed by atoms with Gasteiger partial charge in [0, 0.05) is 6.42 Å². The molecular formula is C28H48N4O6. The number of aliphatic carboxylic acids is 1. The van der Waals surface area contributed by atoms with Crippen LogP contribution in [-0.2, 0) is 24.0 Å². The molecule has 38 heavy (non-hydrogen) atoms. The number of carboxylic acids is 1.